The second-order valence-corrected chi connectivity index (χ2v) is 7.12. The van der Waals surface area contributed by atoms with Gasteiger partial charge in [-0.2, -0.15) is 0 Å². The highest BCUT2D eigenvalue weighted by molar-refractivity contribution is 9.10. The van der Waals surface area contributed by atoms with Crippen LogP contribution in [0.25, 0.3) is 0 Å². The van der Waals surface area contributed by atoms with Crippen molar-refractivity contribution in [2.45, 2.75) is 4.90 Å². The fraction of sp³-hybridized carbons (Fsp3) is 0.0714. The van der Waals surface area contributed by atoms with E-state index in [9.17, 15) is 13.2 Å². The quantitative estimate of drug-likeness (QED) is 0.854. The number of hydrogen-bond donors (Lipinski definition) is 2. The van der Waals surface area contributed by atoms with Crippen molar-refractivity contribution in [3.05, 3.63) is 46.9 Å². The van der Waals surface area contributed by atoms with Crippen molar-refractivity contribution in [2.24, 2.45) is 0 Å². The van der Waals surface area contributed by atoms with Gasteiger partial charge >= 0.3 is 0 Å². The third-order valence-electron chi connectivity index (χ3n) is 3.01. The molecule has 0 atom stereocenters. The molecule has 6 nitrogen and oxygen atoms in total. The van der Waals surface area contributed by atoms with E-state index in [1.807, 2.05) is 0 Å². The van der Waals surface area contributed by atoms with Gasteiger partial charge in [-0.15, -0.1) is 0 Å². The maximum atomic E-state index is 12.4. The highest BCUT2D eigenvalue weighted by Gasteiger charge is 2.21. The number of anilines is 2. The summed E-state index contributed by atoms with van der Waals surface area (Å²) < 4.78 is 33.2. The third-order valence-corrected chi connectivity index (χ3v) is 5.07. The number of nitrogens with one attached hydrogen (secondary N) is 2. The lowest BCUT2D eigenvalue weighted by Crippen LogP contribution is -2.25. The molecule has 0 fully saturated rings. The van der Waals surface area contributed by atoms with Crippen LogP contribution in [0.5, 0.6) is 5.75 Å². The van der Waals surface area contributed by atoms with E-state index in [0.29, 0.717) is 21.6 Å². The number of halogens is 1. The first-order valence-corrected chi connectivity index (χ1v) is 8.57. The van der Waals surface area contributed by atoms with Crippen LogP contribution in [0.2, 0.25) is 0 Å². The van der Waals surface area contributed by atoms with Gasteiger partial charge in [-0.25, -0.2) is 8.42 Å². The Balaban J connectivity index is 1.94. The molecule has 114 valence electrons. The topological polar surface area (TPSA) is 84.5 Å². The van der Waals surface area contributed by atoms with Crippen LogP contribution in [0, 0.1) is 0 Å². The number of ether oxygens (including phenoxy) is 1. The first-order chi connectivity index (χ1) is 10.5. The molecule has 0 aromatic heterocycles. The van der Waals surface area contributed by atoms with Gasteiger partial charge in [-0.05, 0) is 46.3 Å². The molecule has 0 bridgehead atoms. The summed E-state index contributed by atoms with van der Waals surface area (Å²) in [5.41, 5.74) is 0.770. The van der Waals surface area contributed by atoms with Crippen LogP contribution in [-0.2, 0) is 14.8 Å². The summed E-state index contributed by atoms with van der Waals surface area (Å²) in [6.07, 6.45) is 0. The molecule has 2 aromatic rings. The molecule has 8 heteroatoms. The van der Waals surface area contributed by atoms with Gasteiger partial charge in [0, 0.05) is 4.47 Å². The average Bonchev–Trinajstić information content (AvgIpc) is 2.48. The third kappa shape index (κ3) is 2.93. The zero-order valence-electron chi connectivity index (χ0n) is 11.2. The Morgan fingerprint density at radius 3 is 2.73 bits per heavy atom. The lowest BCUT2D eigenvalue weighted by Gasteiger charge is -2.18. The average molecular weight is 383 g/mol. The second-order valence-electron chi connectivity index (χ2n) is 4.58. The molecule has 1 heterocycles. The largest absolute Gasteiger partial charge is 0.482 e. The summed E-state index contributed by atoms with van der Waals surface area (Å²) >= 11 is 3.29. The van der Waals surface area contributed by atoms with Crippen molar-refractivity contribution < 1.29 is 17.9 Å². The van der Waals surface area contributed by atoms with Gasteiger partial charge in [0.05, 0.1) is 16.3 Å². The Hall–Kier alpha value is -2.06. The van der Waals surface area contributed by atoms with Crippen LogP contribution >= 0.6 is 15.9 Å². The van der Waals surface area contributed by atoms with E-state index in [2.05, 4.69) is 26.0 Å². The minimum Gasteiger partial charge on any atom is -0.482 e. The first-order valence-electron chi connectivity index (χ1n) is 6.30. The molecule has 0 spiro atoms. The summed E-state index contributed by atoms with van der Waals surface area (Å²) in [6.45, 7) is -0.0751. The molecule has 1 amide bonds. The molecular weight excluding hydrogens is 372 g/mol. The van der Waals surface area contributed by atoms with Crippen LogP contribution in [0.3, 0.4) is 0 Å². The maximum absolute atomic E-state index is 12.4. The molecule has 0 aliphatic carbocycles. The number of rotatable bonds is 3. The zero-order valence-corrected chi connectivity index (χ0v) is 13.6. The fourth-order valence-corrected chi connectivity index (χ4v) is 3.60. The lowest BCUT2D eigenvalue weighted by molar-refractivity contribution is -0.118. The maximum Gasteiger partial charge on any atom is 0.262 e. The monoisotopic (exact) mass is 382 g/mol. The van der Waals surface area contributed by atoms with E-state index in [4.69, 9.17) is 4.74 Å². The normalized spacial score (nSPS) is 13.8. The molecule has 0 saturated heterocycles. The number of amides is 1. The van der Waals surface area contributed by atoms with Gasteiger partial charge < -0.3 is 10.1 Å². The summed E-state index contributed by atoms with van der Waals surface area (Å²) in [5.74, 6) is 0.125. The van der Waals surface area contributed by atoms with Crippen molar-refractivity contribution in [2.75, 3.05) is 16.6 Å². The van der Waals surface area contributed by atoms with Crippen LogP contribution in [-0.4, -0.2) is 20.9 Å². The lowest BCUT2D eigenvalue weighted by atomic mass is 10.2. The minimum atomic E-state index is -3.77. The molecule has 1 aliphatic heterocycles. The molecule has 0 saturated carbocycles. The van der Waals surface area contributed by atoms with Gasteiger partial charge in [0.25, 0.3) is 15.9 Å². The van der Waals surface area contributed by atoms with Gasteiger partial charge in [0.1, 0.15) is 5.75 Å². The molecule has 1 aliphatic rings. The number of sulfonamides is 1. The van der Waals surface area contributed by atoms with Gasteiger partial charge in [0.15, 0.2) is 6.61 Å². The number of carbonyl (C=O) groups excluding carboxylic acids is 1. The Labute approximate surface area is 135 Å². The van der Waals surface area contributed by atoms with Crippen molar-refractivity contribution in [1.82, 2.24) is 0 Å². The van der Waals surface area contributed by atoms with E-state index < -0.39 is 10.0 Å². The van der Waals surface area contributed by atoms with Crippen LogP contribution < -0.4 is 14.8 Å². The predicted molar refractivity (Wildman–Crippen MR) is 85.5 cm³/mol. The molecule has 3 rings (SSSR count). The van der Waals surface area contributed by atoms with Crippen molar-refractivity contribution in [1.29, 1.82) is 0 Å². The Morgan fingerprint density at radius 2 is 1.95 bits per heavy atom. The smallest absolute Gasteiger partial charge is 0.262 e. The summed E-state index contributed by atoms with van der Waals surface area (Å²) in [5, 5.41) is 2.58. The summed E-state index contributed by atoms with van der Waals surface area (Å²) in [6, 6.07) is 11.2. The zero-order chi connectivity index (χ0) is 15.7. The predicted octanol–water partition coefficient (Wildman–Crippen LogP) is 2.58. The van der Waals surface area contributed by atoms with Crippen molar-refractivity contribution >= 4 is 43.2 Å². The highest BCUT2D eigenvalue weighted by Crippen LogP contribution is 2.31. The molecular formula is C14H11BrN2O4S. The first kappa shape index (κ1) is 14.9. The molecule has 2 aromatic carbocycles. The van der Waals surface area contributed by atoms with Gasteiger partial charge in [-0.1, -0.05) is 12.1 Å². The standard InChI is InChI=1S/C14H11BrN2O4S/c15-10-3-1-2-4-11(10)17-22(19,20)9-5-6-13-12(7-9)16-14(18)8-21-13/h1-7,17H,8H2,(H,16,18). The second kappa shape index (κ2) is 5.62. The SMILES string of the molecule is O=C1COc2ccc(S(=O)(=O)Nc3ccccc3Br)cc2N1. The number of hydrogen-bond acceptors (Lipinski definition) is 4. The summed E-state index contributed by atoms with van der Waals surface area (Å²) in [4.78, 5) is 11.4. The molecule has 0 unspecified atom stereocenters. The van der Waals surface area contributed by atoms with E-state index in [-0.39, 0.29) is 17.4 Å². The number of carbonyl (C=O) groups is 1. The Bertz CT molecular complexity index is 852. The highest BCUT2D eigenvalue weighted by atomic mass is 79.9. The number of benzene rings is 2. The van der Waals surface area contributed by atoms with Crippen LogP contribution in [0.1, 0.15) is 0 Å². The fourth-order valence-electron chi connectivity index (χ4n) is 1.98. The molecule has 22 heavy (non-hydrogen) atoms. The van der Waals surface area contributed by atoms with E-state index >= 15 is 0 Å². The molecule has 2 N–H and O–H groups in total. The Kier molecular flexibility index (Phi) is 3.79. The molecule has 0 radical (unpaired) electrons. The van der Waals surface area contributed by atoms with E-state index in [0.717, 1.165) is 0 Å². The number of fused-ring (bicyclic) bond motifs is 1. The van der Waals surface area contributed by atoms with Crippen molar-refractivity contribution in [3.8, 4) is 5.75 Å². The van der Waals surface area contributed by atoms with E-state index in [1.165, 1.54) is 18.2 Å². The van der Waals surface area contributed by atoms with Crippen LogP contribution in [0.15, 0.2) is 51.8 Å². The number of para-hydroxylation sites is 1. The van der Waals surface area contributed by atoms with E-state index in [1.54, 1.807) is 24.3 Å². The minimum absolute atomic E-state index is 0.0350. The van der Waals surface area contributed by atoms with Crippen LogP contribution in [0.4, 0.5) is 11.4 Å². The van der Waals surface area contributed by atoms with Gasteiger partial charge in [0.2, 0.25) is 0 Å². The summed E-state index contributed by atoms with van der Waals surface area (Å²) in [7, 11) is -3.77. The Morgan fingerprint density at radius 1 is 1.18 bits per heavy atom. The van der Waals surface area contributed by atoms with Crippen molar-refractivity contribution in [3.63, 3.8) is 0 Å². The van der Waals surface area contributed by atoms with Gasteiger partial charge in [-0.3, -0.25) is 9.52 Å².